The molecule has 0 aliphatic carbocycles. The monoisotopic (exact) mass is 640 g/mol. The molecule has 0 aromatic heterocycles. The highest BCUT2D eigenvalue weighted by molar-refractivity contribution is 5.90. The van der Waals surface area contributed by atoms with E-state index in [1.165, 1.54) is 19.1 Å². The van der Waals surface area contributed by atoms with E-state index in [0.29, 0.717) is 22.3 Å². The van der Waals surface area contributed by atoms with E-state index in [9.17, 15) is 18.8 Å². The van der Waals surface area contributed by atoms with Gasteiger partial charge in [0.05, 0.1) is 16.7 Å². The lowest BCUT2D eigenvalue weighted by Gasteiger charge is -2.48. The van der Waals surface area contributed by atoms with Gasteiger partial charge >= 0.3 is 11.9 Å². The molecule has 0 saturated carbocycles. The summed E-state index contributed by atoms with van der Waals surface area (Å²) in [5, 5.41) is 0. The standard InChI is InChI=1S/C39H39FO7/c1-25(41)13-11-18-27-21-22-32(24-33(27)30-19-12-20-31(40)23-30)44-38-35(46-37(43)29-16-9-6-10-17-29)34(26(2)39(3,4)47-38)45-36(42)28-14-7-5-8-15-28/h5-10,12,14-17,19-24,26,34-35,38H,11,13,18H2,1-4H3/t26-,34-,35-,38?/m1/s1/i11D2. The summed E-state index contributed by atoms with van der Waals surface area (Å²) in [4.78, 5) is 38.6. The summed E-state index contributed by atoms with van der Waals surface area (Å²) in [5.41, 5.74) is 1.17. The summed E-state index contributed by atoms with van der Waals surface area (Å²) in [7, 11) is 0. The minimum Gasteiger partial charge on any atom is -0.461 e. The van der Waals surface area contributed by atoms with Gasteiger partial charge in [-0.1, -0.05) is 61.5 Å². The number of Topliss-reactive ketones (excluding diaryl/α,β-unsaturated/α-hetero) is 1. The third-order valence-corrected chi connectivity index (χ3v) is 8.27. The second-order valence-corrected chi connectivity index (χ2v) is 12.1. The first-order chi connectivity index (χ1) is 23.2. The number of benzene rings is 4. The maximum Gasteiger partial charge on any atom is 0.338 e. The van der Waals surface area contributed by atoms with E-state index in [1.807, 2.05) is 20.8 Å². The van der Waals surface area contributed by atoms with Gasteiger partial charge in [-0.3, -0.25) is 0 Å². The summed E-state index contributed by atoms with van der Waals surface area (Å²) in [5.74, 6) is -2.25. The minimum atomic E-state index is -1.85. The molecule has 0 radical (unpaired) electrons. The number of rotatable bonds is 11. The van der Waals surface area contributed by atoms with Crippen LogP contribution in [-0.4, -0.2) is 41.8 Å². The number of esters is 2. The van der Waals surface area contributed by atoms with Crippen molar-refractivity contribution in [3.05, 3.63) is 126 Å². The van der Waals surface area contributed by atoms with Crippen LogP contribution in [0, 0.1) is 11.7 Å². The third kappa shape index (κ3) is 8.32. The Morgan fingerprint density at radius 1 is 0.830 bits per heavy atom. The number of aryl methyl sites for hydroxylation is 1. The number of hydrogen-bond donors (Lipinski definition) is 0. The maximum atomic E-state index is 14.4. The first-order valence-electron chi connectivity index (χ1n) is 16.5. The molecule has 4 aromatic carbocycles. The zero-order valence-electron chi connectivity index (χ0n) is 28.8. The molecule has 0 N–H and O–H groups in total. The van der Waals surface area contributed by atoms with Crippen molar-refractivity contribution >= 4 is 17.7 Å². The van der Waals surface area contributed by atoms with Gasteiger partial charge in [-0.2, -0.15) is 0 Å². The highest BCUT2D eigenvalue weighted by Gasteiger charge is 2.53. The van der Waals surface area contributed by atoms with Crippen molar-refractivity contribution < 1.29 is 40.5 Å². The van der Waals surface area contributed by atoms with Crippen molar-refractivity contribution in [2.24, 2.45) is 5.92 Å². The van der Waals surface area contributed by atoms with E-state index in [2.05, 4.69) is 0 Å². The fraction of sp³-hybridized carbons (Fsp3) is 0.308. The summed E-state index contributed by atoms with van der Waals surface area (Å²) in [6.45, 7) is 6.82. The van der Waals surface area contributed by atoms with Crippen molar-refractivity contribution in [3.8, 4) is 16.9 Å². The predicted octanol–water partition coefficient (Wildman–Crippen LogP) is 8.01. The van der Waals surface area contributed by atoms with E-state index in [-0.39, 0.29) is 29.9 Å². The summed E-state index contributed by atoms with van der Waals surface area (Å²) in [6, 6.07) is 27.6. The van der Waals surface area contributed by atoms with Crippen LogP contribution >= 0.6 is 0 Å². The van der Waals surface area contributed by atoms with Crippen molar-refractivity contribution in [2.45, 2.75) is 71.0 Å². The molecule has 0 spiro atoms. The predicted molar refractivity (Wildman–Crippen MR) is 175 cm³/mol. The number of carbonyl (C=O) groups is 3. The number of ketones is 1. The molecule has 1 aliphatic rings. The van der Waals surface area contributed by atoms with Crippen molar-refractivity contribution in [1.29, 1.82) is 0 Å². The summed E-state index contributed by atoms with van der Waals surface area (Å²) < 4.78 is 56.3. The van der Waals surface area contributed by atoms with Crippen LogP contribution in [0.2, 0.25) is 0 Å². The smallest absolute Gasteiger partial charge is 0.338 e. The molecule has 0 bridgehead atoms. The van der Waals surface area contributed by atoms with Crippen molar-refractivity contribution in [1.82, 2.24) is 0 Å². The lowest BCUT2D eigenvalue weighted by Crippen LogP contribution is -2.62. The molecule has 4 atom stereocenters. The molecule has 47 heavy (non-hydrogen) atoms. The molecule has 0 amide bonds. The molecule has 1 fully saturated rings. The molecule has 8 heteroatoms. The van der Waals surface area contributed by atoms with E-state index >= 15 is 0 Å². The first-order valence-corrected chi connectivity index (χ1v) is 15.5. The number of halogens is 1. The Bertz CT molecular complexity index is 1800. The lowest BCUT2D eigenvalue weighted by molar-refractivity contribution is -0.283. The maximum absolute atomic E-state index is 14.4. The topological polar surface area (TPSA) is 88.1 Å². The van der Waals surface area contributed by atoms with Gasteiger partial charge in [-0.15, -0.1) is 0 Å². The van der Waals surface area contributed by atoms with E-state index in [0.717, 1.165) is 0 Å². The van der Waals surface area contributed by atoms with Gasteiger partial charge in [-0.25, -0.2) is 14.0 Å². The zero-order chi connectivity index (χ0) is 35.3. The molecule has 1 aliphatic heterocycles. The van der Waals surface area contributed by atoms with E-state index in [4.69, 9.17) is 21.7 Å². The van der Waals surface area contributed by atoms with Crippen LogP contribution in [0.25, 0.3) is 11.1 Å². The summed E-state index contributed by atoms with van der Waals surface area (Å²) >= 11 is 0. The van der Waals surface area contributed by atoms with E-state index < -0.39 is 54.1 Å². The van der Waals surface area contributed by atoms with Crippen LogP contribution in [0.1, 0.15) is 69.5 Å². The number of carbonyl (C=O) groups excluding carboxylic acids is 3. The van der Waals surface area contributed by atoms with Gasteiger partial charge in [0.2, 0.25) is 12.4 Å². The normalized spacial score (nSPS) is 21.1. The van der Waals surface area contributed by atoms with Crippen LogP contribution in [0.4, 0.5) is 4.39 Å². The average molecular weight is 641 g/mol. The Kier molecular flexibility index (Phi) is 9.66. The fourth-order valence-corrected chi connectivity index (χ4v) is 5.44. The third-order valence-electron chi connectivity index (χ3n) is 8.27. The lowest BCUT2D eigenvalue weighted by atomic mass is 9.82. The van der Waals surface area contributed by atoms with Crippen LogP contribution in [0.15, 0.2) is 103 Å². The van der Waals surface area contributed by atoms with Gasteiger partial charge < -0.3 is 23.7 Å². The van der Waals surface area contributed by atoms with Crippen molar-refractivity contribution in [3.63, 3.8) is 0 Å². The molecule has 1 heterocycles. The van der Waals surface area contributed by atoms with E-state index in [1.54, 1.807) is 91.0 Å². The SMILES string of the molecule is [2H]C([2H])(CC(C)=O)Cc1ccc(OC2OC(C)(C)[C@H](C)[C@@H](OC(=O)c3ccccc3)[C@H]2OC(=O)c2ccccc2)cc1-c1cccc(F)c1. The van der Waals surface area contributed by atoms with Crippen LogP contribution in [0.3, 0.4) is 0 Å². The second-order valence-electron chi connectivity index (χ2n) is 12.1. The zero-order valence-corrected chi connectivity index (χ0v) is 26.8. The van der Waals surface area contributed by atoms with Crippen LogP contribution in [0.5, 0.6) is 5.75 Å². The first kappa shape index (κ1) is 30.8. The molecular weight excluding hydrogens is 599 g/mol. The number of hydrogen-bond acceptors (Lipinski definition) is 7. The molecule has 244 valence electrons. The fourth-order valence-electron chi connectivity index (χ4n) is 5.44. The van der Waals surface area contributed by atoms with Crippen LogP contribution < -0.4 is 4.74 Å². The van der Waals surface area contributed by atoms with Gasteiger partial charge in [0.15, 0.2) is 6.10 Å². The summed E-state index contributed by atoms with van der Waals surface area (Å²) in [6.07, 6.45) is -5.72. The van der Waals surface area contributed by atoms with Crippen LogP contribution in [-0.2, 0) is 25.4 Å². The molecule has 4 aromatic rings. The average Bonchev–Trinajstić information content (AvgIpc) is 3.05. The largest absolute Gasteiger partial charge is 0.461 e. The molecule has 1 saturated heterocycles. The van der Waals surface area contributed by atoms with Gasteiger partial charge in [0, 0.05) is 15.1 Å². The van der Waals surface area contributed by atoms with Gasteiger partial charge in [0.1, 0.15) is 17.3 Å². The molecule has 7 nitrogen and oxygen atoms in total. The molecular formula is C39H39FO7. The minimum absolute atomic E-state index is 0.113. The Morgan fingerprint density at radius 2 is 1.45 bits per heavy atom. The molecule has 5 rings (SSSR count). The number of ether oxygens (including phenoxy) is 4. The highest BCUT2D eigenvalue weighted by atomic mass is 19.1. The Morgan fingerprint density at radius 3 is 2.04 bits per heavy atom. The van der Waals surface area contributed by atoms with Crippen molar-refractivity contribution in [2.75, 3.05) is 0 Å². The molecule has 1 unspecified atom stereocenters. The van der Waals surface area contributed by atoms with Gasteiger partial charge in [0.25, 0.3) is 0 Å². The van der Waals surface area contributed by atoms with Gasteiger partial charge in [-0.05, 0) is 98.8 Å². The Labute approximate surface area is 277 Å². The Balaban J connectivity index is 1.54. The quantitative estimate of drug-likeness (QED) is 0.154. The second kappa shape index (κ2) is 14.7. The Hall–Kier alpha value is -4.82. The highest BCUT2D eigenvalue weighted by Crippen LogP contribution is 2.40.